The number of nitrogens with zero attached hydrogens (tertiary/aromatic N) is 1. The molecule has 1 unspecified atom stereocenters. The number of carbonyl (C=O) groups is 1. The van der Waals surface area contributed by atoms with Crippen molar-refractivity contribution in [2.45, 2.75) is 32.4 Å². The number of ether oxygens (including phenoxy) is 1. The Morgan fingerprint density at radius 2 is 2.17 bits per heavy atom. The molecule has 0 aliphatic heterocycles. The van der Waals surface area contributed by atoms with Gasteiger partial charge in [-0.15, -0.1) is 11.3 Å². The van der Waals surface area contributed by atoms with Crippen LogP contribution in [0.25, 0.3) is 0 Å². The first-order valence-electron chi connectivity index (χ1n) is 7.37. The summed E-state index contributed by atoms with van der Waals surface area (Å²) in [5.74, 6) is 0.695. The molecule has 0 aliphatic carbocycles. The molecule has 3 N–H and O–H groups in total. The van der Waals surface area contributed by atoms with Crippen LogP contribution in [0.15, 0.2) is 29.6 Å². The van der Waals surface area contributed by atoms with Gasteiger partial charge in [-0.2, -0.15) is 0 Å². The monoisotopic (exact) mass is 353 g/mol. The van der Waals surface area contributed by atoms with Gasteiger partial charge < -0.3 is 15.8 Å². The molecule has 2 rings (SSSR count). The number of hydrogen-bond donors (Lipinski definition) is 2. The standard InChI is InChI=1S/C16H20ClN3O2S/c1-11(18)6-7-19-15(21)8-13-10-23-16(20-13)9-22-14-4-2-12(17)3-5-14/h2-5,10-11H,6-9,18H2,1H3,(H,19,21). The highest BCUT2D eigenvalue weighted by molar-refractivity contribution is 7.09. The molecule has 7 heteroatoms. The second-order valence-electron chi connectivity index (χ2n) is 5.27. The molecule has 0 bridgehead atoms. The van der Waals surface area contributed by atoms with Gasteiger partial charge in [0.2, 0.25) is 5.91 Å². The SMILES string of the molecule is CC(N)CCNC(=O)Cc1csc(COc2ccc(Cl)cc2)n1. The van der Waals surface area contributed by atoms with Crippen LogP contribution in [0.4, 0.5) is 0 Å². The summed E-state index contributed by atoms with van der Waals surface area (Å²) in [5.41, 5.74) is 6.39. The van der Waals surface area contributed by atoms with Crippen molar-refractivity contribution in [1.29, 1.82) is 0 Å². The topological polar surface area (TPSA) is 77.2 Å². The van der Waals surface area contributed by atoms with Crippen LogP contribution in [-0.4, -0.2) is 23.5 Å². The van der Waals surface area contributed by atoms with E-state index in [0.29, 0.717) is 18.2 Å². The van der Waals surface area contributed by atoms with Gasteiger partial charge >= 0.3 is 0 Å². The summed E-state index contributed by atoms with van der Waals surface area (Å²) in [4.78, 5) is 16.2. The van der Waals surface area contributed by atoms with Crippen molar-refractivity contribution >= 4 is 28.8 Å². The van der Waals surface area contributed by atoms with E-state index in [1.807, 2.05) is 24.4 Å². The molecular formula is C16H20ClN3O2S. The van der Waals surface area contributed by atoms with Crippen molar-refractivity contribution < 1.29 is 9.53 Å². The first-order valence-corrected chi connectivity index (χ1v) is 8.62. The number of benzene rings is 1. The third-order valence-corrected chi connectivity index (χ3v) is 4.16. The minimum absolute atomic E-state index is 0.0406. The lowest BCUT2D eigenvalue weighted by Gasteiger charge is -2.06. The molecule has 0 fully saturated rings. The molecule has 1 aromatic heterocycles. The highest BCUT2D eigenvalue weighted by Crippen LogP contribution is 2.18. The molecule has 0 spiro atoms. The number of carbonyl (C=O) groups excluding carboxylic acids is 1. The summed E-state index contributed by atoms with van der Waals surface area (Å²) in [6.45, 7) is 2.88. The number of hydrogen-bond acceptors (Lipinski definition) is 5. The Bertz CT molecular complexity index is 629. The average Bonchev–Trinajstić information content (AvgIpc) is 2.93. The average molecular weight is 354 g/mol. The number of thiazole rings is 1. The van der Waals surface area contributed by atoms with Crippen LogP contribution in [0.2, 0.25) is 5.02 Å². The van der Waals surface area contributed by atoms with Gasteiger partial charge in [0.1, 0.15) is 17.4 Å². The van der Waals surface area contributed by atoms with Gasteiger partial charge in [-0.3, -0.25) is 4.79 Å². The largest absolute Gasteiger partial charge is 0.486 e. The zero-order chi connectivity index (χ0) is 16.7. The van der Waals surface area contributed by atoms with Gasteiger partial charge in [0.05, 0.1) is 12.1 Å². The third-order valence-electron chi connectivity index (χ3n) is 3.04. The summed E-state index contributed by atoms with van der Waals surface area (Å²) in [6.07, 6.45) is 1.04. The maximum atomic E-state index is 11.8. The lowest BCUT2D eigenvalue weighted by Crippen LogP contribution is -2.30. The highest BCUT2D eigenvalue weighted by atomic mass is 35.5. The molecule has 0 aliphatic rings. The van der Waals surface area contributed by atoms with E-state index in [2.05, 4.69) is 10.3 Å². The Hall–Kier alpha value is -1.63. The van der Waals surface area contributed by atoms with E-state index in [0.717, 1.165) is 22.9 Å². The molecule has 1 amide bonds. The summed E-state index contributed by atoms with van der Waals surface area (Å²) < 4.78 is 5.63. The molecule has 1 atom stereocenters. The molecule has 2 aromatic rings. The van der Waals surface area contributed by atoms with E-state index in [-0.39, 0.29) is 18.4 Å². The molecule has 5 nitrogen and oxygen atoms in total. The van der Waals surface area contributed by atoms with Crippen LogP contribution < -0.4 is 15.8 Å². The van der Waals surface area contributed by atoms with Crippen LogP contribution >= 0.6 is 22.9 Å². The number of aromatic nitrogens is 1. The molecule has 23 heavy (non-hydrogen) atoms. The Kier molecular flexibility index (Phi) is 6.83. The summed E-state index contributed by atoms with van der Waals surface area (Å²) in [5, 5.41) is 6.22. The van der Waals surface area contributed by atoms with Gasteiger partial charge in [0.15, 0.2) is 0 Å². The molecule has 0 radical (unpaired) electrons. The minimum atomic E-state index is -0.0406. The predicted octanol–water partition coefficient (Wildman–Crippen LogP) is 2.77. The van der Waals surface area contributed by atoms with Gasteiger partial charge in [-0.05, 0) is 37.6 Å². The molecule has 0 saturated carbocycles. The van der Waals surface area contributed by atoms with Gasteiger partial charge in [0, 0.05) is 23.0 Å². The first kappa shape index (κ1) is 17.7. The van der Waals surface area contributed by atoms with Crippen LogP contribution in [-0.2, 0) is 17.8 Å². The second-order valence-corrected chi connectivity index (χ2v) is 6.65. The first-order chi connectivity index (χ1) is 11.0. The molecule has 124 valence electrons. The van der Waals surface area contributed by atoms with Gasteiger partial charge in [0.25, 0.3) is 0 Å². The number of nitrogens with two attached hydrogens (primary N) is 1. The summed E-state index contributed by atoms with van der Waals surface area (Å²) in [6, 6.07) is 7.25. The normalized spacial score (nSPS) is 12.0. The summed E-state index contributed by atoms with van der Waals surface area (Å²) >= 11 is 7.30. The smallest absolute Gasteiger partial charge is 0.226 e. The van der Waals surface area contributed by atoms with Crippen molar-refractivity contribution in [3.63, 3.8) is 0 Å². The maximum absolute atomic E-state index is 11.8. The maximum Gasteiger partial charge on any atom is 0.226 e. The fraction of sp³-hybridized carbons (Fsp3) is 0.375. The van der Waals surface area contributed by atoms with Gasteiger partial charge in [-0.1, -0.05) is 11.6 Å². The molecule has 1 aromatic carbocycles. The van der Waals surface area contributed by atoms with E-state index >= 15 is 0 Å². The zero-order valence-electron chi connectivity index (χ0n) is 12.9. The Labute approximate surface area is 144 Å². The van der Waals surface area contributed by atoms with Crippen LogP contribution in [0, 0.1) is 0 Å². The van der Waals surface area contributed by atoms with E-state index in [4.69, 9.17) is 22.1 Å². The second kappa shape index (κ2) is 8.86. The Balaban J connectivity index is 1.76. The number of rotatable bonds is 8. The Morgan fingerprint density at radius 1 is 1.43 bits per heavy atom. The number of nitrogens with one attached hydrogen (secondary N) is 1. The van der Waals surface area contributed by atoms with E-state index in [9.17, 15) is 4.79 Å². The molecule has 1 heterocycles. The van der Waals surface area contributed by atoms with Crippen LogP contribution in [0.5, 0.6) is 5.75 Å². The number of amides is 1. The predicted molar refractivity (Wildman–Crippen MR) is 92.9 cm³/mol. The Morgan fingerprint density at radius 3 is 2.87 bits per heavy atom. The van der Waals surface area contributed by atoms with Crippen molar-refractivity contribution in [3.05, 3.63) is 45.4 Å². The lowest BCUT2D eigenvalue weighted by atomic mass is 10.2. The number of halogens is 1. The third kappa shape index (κ3) is 6.56. The van der Waals surface area contributed by atoms with Gasteiger partial charge in [-0.25, -0.2) is 4.98 Å². The van der Waals surface area contributed by atoms with E-state index in [1.54, 1.807) is 12.1 Å². The quantitative estimate of drug-likeness (QED) is 0.765. The molecule has 0 saturated heterocycles. The van der Waals surface area contributed by atoms with Crippen LogP contribution in [0.1, 0.15) is 24.0 Å². The van der Waals surface area contributed by atoms with Crippen molar-refractivity contribution in [1.82, 2.24) is 10.3 Å². The minimum Gasteiger partial charge on any atom is -0.486 e. The van der Waals surface area contributed by atoms with E-state index in [1.165, 1.54) is 11.3 Å². The fourth-order valence-corrected chi connectivity index (χ4v) is 2.67. The van der Waals surface area contributed by atoms with Crippen molar-refractivity contribution in [2.24, 2.45) is 5.73 Å². The fourth-order valence-electron chi connectivity index (χ4n) is 1.84. The van der Waals surface area contributed by atoms with E-state index < -0.39 is 0 Å². The zero-order valence-corrected chi connectivity index (χ0v) is 14.5. The lowest BCUT2D eigenvalue weighted by molar-refractivity contribution is -0.120. The van der Waals surface area contributed by atoms with Crippen molar-refractivity contribution in [3.8, 4) is 5.75 Å². The van der Waals surface area contributed by atoms with Crippen LogP contribution in [0.3, 0.4) is 0 Å². The van der Waals surface area contributed by atoms with Crippen molar-refractivity contribution in [2.75, 3.05) is 6.54 Å². The molecular weight excluding hydrogens is 334 g/mol. The summed E-state index contributed by atoms with van der Waals surface area (Å²) in [7, 11) is 0. The highest BCUT2D eigenvalue weighted by Gasteiger charge is 2.08.